The molecule has 0 bridgehead atoms. The number of anilines is 2. The van der Waals surface area contributed by atoms with Gasteiger partial charge in [0.2, 0.25) is 11.0 Å². The molecule has 0 saturated heterocycles. The van der Waals surface area contributed by atoms with Crippen LogP contribution in [0, 0.1) is 6.92 Å². The molecule has 1 aromatic heterocycles. The average molecular weight is 379 g/mol. The lowest BCUT2D eigenvalue weighted by atomic mass is 9.98. The van der Waals surface area contributed by atoms with Crippen LogP contribution >= 0.6 is 23.1 Å². The number of hydrogen-bond acceptors (Lipinski definition) is 6. The number of carbonyl (C=O) groups is 1. The zero-order chi connectivity index (χ0) is 18.4. The van der Waals surface area contributed by atoms with E-state index in [1.807, 2.05) is 26.0 Å². The minimum absolute atomic E-state index is 0.0144. The molecule has 1 unspecified atom stereocenters. The molecular weight excluding hydrogens is 352 g/mol. The fourth-order valence-electron chi connectivity index (χ4n) is 2.33. The van der Waals surface area contributed by atoms with Crippen molar-refractivity contribution in [3.05, 3.63) is 29.3 Å². The Morgan fingerprint density at radius 3 is 2.72 bits per heavy atom. The minimum atomic E-state index is -0.244. The highest BCUT2D eigenvalue weighted by molar-refractivity contribution is 8.02. The van der Waals surface area contributed by atoms with Gasteiger partial charge in [-0.05, 0) is 37.3 Å². The second-order valence-corrected chi connectivity index (χ2v) is 8.81. The topological polar surface area (TPSA) is 66.9 Å². The van der Waals surface area contributed by atoms with E-state index >= 15 is 0 Å². The molecule has 0 aliphatic rings. The van der Waals surface area contributed by atoms with Crippen LogP contribution in [0.15, 0.2) is 22.5 Å². The van der Waals surface area contributed by atoms with Crippen molar-refractivity contribution in [3.8, 4) is 0 Å². The van der Waals surface area contributed by atoms with Crippen molar-refractivity contribution in [3.63, 3.8) is 0 Å². The lowest BCUT2D eigenvalue weighted by Crippen LogP contribution is -2.23. The smallest absolute Gasteiger partial charge is 0.237 e. The van der Waals surface area contributed by atoms with Crippen LogP contribution in [0.25, 0.3) is 0 Å². The van der Waals surface area contributed by atoms with Gasteiger partial charge in [0, 0.05) is 12.2 Å². The van der Waals surface area contributed by atoms with Crippen molar-refractivity contribution in [1.29, 1.82) is 0 Å². The molecular formula is C18H26N4OS2. The van der Waals surface area contributed by atoms with Crippen molar-refractivity contribution < 1.29 is 4.79 Å². The molecule has 5 nitrogen and oxygen atoms in total. The Morgan fingerprint density at radius 2 is 2.04 bits per heavy atom. The van der Waals surface area contributed by atoms with E-state index in [1.165, 1.54) is 23.1 Å². The first-order valence-electron chi connectivity index (χ1n) is 8.56. The van der Waals surface area contributed by atoms with Crippen LogP contribution < -0.4 is 10.6 Å². The van der Waals surface area contributed by atoms with E-state index in [9.17, 15) is 4.79 Å². The second-order valence-electron chi connectivity index (χ2n) is 6.24. The van der Waals surface area contributed by atoms with Crippen molar-refractivity contribution in [1.82, 2.24) is 10.2 Å². The van der Waals surface area contributed by atoms with Gasteiger partial charge in [-0.1, -0.05) is 62.1 Å². The molecule has 0 fully saturated rings. The SMILES string of the molecule is CCCNc1nnc(SC(C)C(=O)Nc2c(C)cccc2C(C)C)s1. The maximum absolute atomic E-state index is 12.6. The van der Waals surface area contributed by atoms with Crippen molar-refractivity contribution in [2.24, 2.45) is 0 Å². The summed E-state index contributed by atoms with van der Waals surface area (Å²) in [6.45, 7) is 11.2. The van der Waals surface area contributed by atoms with Crippen LogP contribution in [0.5, 0.6) is 0 Å². The third-order valence-corrected chi connectivity index (χ3v) is 5.82. The van der Waals surface area contributed by atoms with Crippen LogP contribution in [0.3, 0.4) is 0 Å². The zero-order valence-electron chi connectivity index (χ0n) is 15.4. The third kappa shape index (κ3) is 5.44. The fourth-order valence-corrected chi connectivity index (χ4v) is 4.25. The van der Waals surface area contributed by atoms with Crippen LogP contribution in [0.1, 0.15) is 51.2 Å². The average Bonchev–Trinajstić information content (AvgIpc) is 3.01. The predicted molar refractivity (Wildman–Crippen MR) is 108 cm³/mol. The second kappa shape index (κ2) is 9.20. The summed E-state index contributed by atoms with van der Waals surface area (Å²) < 4.78 is 0.801. The maximum atomic E-state index is 12.6. The summed E-state index contributed by atoms with van der Waals surface area (Å²) in [6, 6.07) is 6.13. The van der Waals surface area contributed by atoms with E-state index in [0.717, 1.165) is 39.3 Å². The number of rotatable bonds is 8. The standard InChI is InChI=1S/C18H26N4OS2/c1-6-10-19-17-21-22-18(25-17)24-13(5)16(23)20-15-12(4)8-7-9-14(15)11(2)3/h7-9,11,13H,6,10H2,1-5H3,(H,19,21)(H,20,23). The molecule has 0 radical (unpaired) electrons. The number of thioether (sulfide) groups is 1. The van der Waals surface area contributed by atoms with Gasteiger partial charge in [0.25, 0.3) is 0 Å². The summed E-state index contributed by atoms with van der Waals surface area (Å²) in [5.74, 6) is 0.341. The number of nitrogens with zero attached hydrogens (tertiary/aromatic N) is 2. The van der Waals surface area contributed by atoms with Crippen molar-refractivity contribution in [2.45, 2.75) is 56.5 Å². The molecule has 25 heavy (non-hydrogen) atoms. The Hall–Kier alpha value is -1.60. The molecule has 1 atom stereocenters. The molecule has 2 N–H and O–H groups in total. The monoisotopic (exact) mass is 378 g/mol. The predicted octanol–water partition coefficient (Wildman–Crippen LogP) is 4.91. The molecule has 7 heteroatoms. The van der Waals surface area contributed by atoms with Crippen molar-refractivity contribution >= 4 is 39.8 Å². The highest BCUT2D eigenvalue weighted by Crippen LogP contribution is 2.31. The number of benzene rings is 1. The minimum Gasteiger partial charge on any atom is -0.360 e. The van der Waals surface area contributed by atoms with Crippen LogP contribution in [0.2, 0.25) is 0 Å². The molecule has 1 heterocycles. The van der Waals surface area contributed by atoms with Gasteiger partial charge < -0.3 is 10.6 Å². The van der Waals surface area contributed by atoms with Gasteiger partial charge in [-0.3, -0.25) is 4.79 Å². The van der Waals surface area contributed by atoms with Crippen LogP contribution in [-0.2, 0) is 4.79 Å². The number of para-hydroxylation sites is 1. The van der Waals surface area contributed by atoms with Crippen LogP contribution in [-0.4, -0.2) is 27.9 Å². The summed E-state index contributed by atoms with van der Waals surface area (Å²) in [7, 11) is 0. The molecule has 0 aliphatic heterocycles. The molecule has 0 saturated carbocycles. The third-order valence-electron chi connectivity index (χ3n) is 3.75. The Kier molecular flexibility index (Phi) is 7.25. The molecule has 0 spiro atoms. The molecule has 1 amide bonds. The zero-order valence-corrected chi connectivity index (χ0v) is 17.1. The molecule has 1 aromatic carbocycles. The fraction of sp³-hybridized carbons (Fsp3) is 0.500. The maximum Gasteiger partial charge on any atom is 0.237 e. The summed E-state index contributed by atoms with van der Waals surface area (Å²) >= 11 is 2.92. The van der Waals surface area contributed by atoms with E-state index in [1.54, 1.807) is 0 Å². The van der Waals surface area contributed by atoms with Crippen LogP contribution in [0.4, 0.5) is 10.8 Å². The Balaban J connectivity index is 2.02. The Bertz CT molecular complexity index is 715. The summed E-state index contributed by atoms with van der Waals surface area (Å²) in [5, 5.41) is 15.1. The normalized spacial score (nSPS) is 12.2. The molecule has 136 valence electrons. The highest BCUT2D eigenvalue weighted by Gasteiger charge is 2.19. The first kappa shape index (κ1) is 19.7. The first-order chi connectivity index (χ1) is 11.9. The van der Waals surface area contributed by atoms with Gasteiger partial charge in [0.15, 0.2) is 4.34 Å². The van der Waals surface area contributed by atoms with Gasteiger partial charge in [-0.25, -0.2) is 0 Å². The van der Waals surface area contributed by atoms with E-state index in [2.05, 4.69) is 47.7 Å². The van der Waals surface area contributed by atoms with E-state index in [0.29, 0.717) is 5.92 Å². The van der Waals surface area contributed by atoms with Gasteiger partial charge in [-0.2, -0.15) is 0 Å². The number of aryl methyl sites for hydroxylation is 1. The summed E-state index contributed by atoms with van der Waals surface area (Å²) in [6.07, 6.45) is 1.04. The number of carbonyl (C=O) groups excluding carboxylic acids is 1. The molecule has 2 rings (SSSR count). The summed E-state index contributed by atoms with van der Waals surface area (Å²) in [5.41, 5.74) is 3.17. The molecule has 0 aliphatic carbocycles. The number of nitrogens with one attached hydrogen (secondary N) is 2. The van der Waals surface area contributed by atoms with Gasteiger partial charge in [0.05, 0.1) is 5.25 Å². The van der Waals surface area contributed by atoms with Gasteiger partial charge in [0.1, 0.15) is 0 Å². The van der Waals surface area contributed by atoms with E-state index < -0.39 is 0 Å². The summed E-state index contributed by atoms with van der Waals surface area (Å²) in [4.78, 5) is 12.6. The van der Waals surface area contributed by atoms with Crippen molar-refractivity contribution in [2.75, 3.05) is 17.2 Å². The number of hydrogen-bond donors (Lipinski definition) is 2. The largest absolute Gasteiger partial charge is 0.360 e. The molecule has 2 aromatic rings. The van der Waals surface area contributed by atoms with Gasteiger partial charge in [-0.15, -0.1) is 10.2 Å². The lowest BCUT2D eigenvalue weighted by Gasteiger charge is -2.18. The van der Waals surface area contributed by atoms with E-state index in [4.69, 9.17) is 0 Å². The van der Waals surface area contributed by atoms with Gasteiger partial charge >= 0.3 is 0 Å². The first-order valence-corrected chi connectivity index (χ1v) is 10.3. The number of amides is 1. The number of aromatic nitrogens is 2. The quantitative estimate of drug-likeness (QED) is 0.639. The lowest BCUT2D eigenvalue weighted by molar-refractivity contribution is -0.115. The van der Waals surface area contributed by atoms with E-state index in [-0.39, 0.29) is 11.2 Å². The highest BCUT2D eigenvalue weighted by atomic mass is 32.2. The Morgan fingerprint density at radius 1 is 1.28 bits per heavy atom. The Labute approximate surface area is 158 Å².